The Morgan fingerprint density at radius 3 is 2.67 bits per heavy atom. The van der Waals surface area contributed by atoms with Gasteiger partial charge in [-0.3, -0.25) is 4.79 Å². The number of halogens is 2. The zero-order valence-electron chi connectivity index (χ0n) is 9.99. The Balaban J connectivity index is 1.90. The molecule has 98 valence electrons. The van der Waals surface area contributed by atoms with Crippen molar-refractivity contribution in [3.63, 3.8) is 0 Å². The van der Waals surface area contributed by atoms with Crippen LogP contribution in [0.3, 0.4) is 0 Å². The van der Waals surface area contributed by atoms with E-state index >= 15 is 0 Å². The SMILES string of the molecule is O=C(COc1cc(Cl)ccc1Cl)N1CCCCC1. The zero-order chi connectivity index (χ0) is 13.0. The van der Waals surface area contributed by atoms with E-state index in [2.05, 4.69) is 0 Å². The fourth-order valence-electron chi connectivity index (χ4n) is 1.96. The van der Waals surface area contributed by atoms with Crippen LogP contribution >= 0.6 is 23.2 Å². The Hall–Kier alpha value is -0.930. The van der Waals surface area contributed by atoms with E-state index in [4.69, 9.17) is 27.9 Å². The maximum atomic E-state index is 11.9. The smallest absolute Gasteiger partial charge is 0.260 e. The molecule has 0 unspecified atom stereocenters. The normalized spacial score (nSPS) is 15.6. The Labute approximate surface area is 117 Å². The molecular formula is C13H15Cl2NO2. The van der Waals surface area contributed by atoms with Gasteiger partial charge in [-0.1, -0.05) is 23.2 Å². The molecule has 0 saturated carbocycles. The lowest BCUT2D eigenvalue weighted by Gasteiger charge is -2.26. The molecule has 5 heteroatoms. The van der Waals surface area contributed by atoms with Crippen molar-refractivity contribution < 1.29 is 9.53 Å². The van der Waals surface area contributed by atoms with Gasteiger partial charge in [0.25, 0.3) is 5.91 Å². The minimum absolute atomic E-state index is 0.00532. The molecule has 18 heavy (non-hydrogen) atoms. The highest BCUT2D eigenvalue weighted by Gasteiger charge is 2.17. The van der Waals surface area contributed by atoms with Crippen molar-refractivity contribution in [3.05, 3.63) is 28.2 Å². The van der Waals surface area contributed by atoms with Crippen LogP contribution in [0.5, 0.6) is 5.75 Å². The number of hydrogen-bond donors (Lipinski definition) is 0. The Bertz CT molecular complexity index is 431. The van der Waals surface area contributed by atoms with Crippen LogP contribution in [0.4, 0.5) is 0 Å². The van der Waals surface area contributed by atoms with Crippen LogP contribution in [0.15, 0.2) is 18.2 Å². The monoisotopic (exact) mass is 287 g/mol. The van der Waals surface area contributed by atoms with Gasteiger partial charge in [0, 0.05) is 24.2 Å². The van der Waals surface area contributed by atoms with Crippen molar-refractivity contribution in [2.45, 2.75) is 19.3 Å². The molecule has 0 atom stereocenters. The van der Waals surface area contributed by atoms with Gasteiger partial charge in [-0.05, 0) is 31.4 Å². The lowest BCUT2D eigenvalue weighted by atomic mass is 10.1. The van der Waals surface area contributed by atoms with Crippen molar-refractivity contribution in [1.82, 2.24) is 4.90 Å². The number of likely N-dealkylation sites (tertiary alicyclic amines) is 1. The summed E-state index contributed by atoms with van der Waals surface area (Å²) >= 11 is 11.8. The van der Waals surface area contributed by atoms with Gasteiger partial charge >= 0.3 is 0 Å². The highest BCUT2D eigenvalue weighted by Crippen LogP contribution is 2.27. The average Bonchev–Trinajstić information content (AvgIpc) is 2.40. The topological polar surface area (TPSA) is 29.5 Å². The Morgan fingerprint density at radius 1 is 1.22 bits per heavy atom. The molecule has 1 amide bonds. The number of carbonyl (C=O) groups is 1. The minimum Gasteiger partial charge on any atom is -0.482 e. The molecule has 1 heterocycles. The van der Waals surface area contributed by atoms with Crippen molar-refractivity contribution in [2.24, 2.45) is 0 Å². The molecule has 1 aromatic rings. The predicted octanol–water partition coefficient (Wildman–Crippen LogP) is 3.38. The van der Waals surface area contributed by atoms with E-state index in [9.17, 15) is 4.79 Å². The molecule has 0 bridgehead atoms. The first-order valence-electron chi connectivity index (χ1n) is 6.02. The number of amides is 1. The number of hydrogen-bond acceptors (Lipinski definition) is 2. The third-order valence-corrected chi connectivity index (χ3v) is 3.50. The van der Waals surface area contributed by atoms with Crippen molar-refractivity contribution in [3.8, 4) is 5.75 Å². The van der Waals surface area contributed by atoms with E-state index in [1.165, 1.54) is 6.42 Å². The molecular weight excluding hydrogens is 273 g/mol. The first-order chi connectivity index (χ1) is 8.66. The lowest BCUT2D eigenvalue weighted by Crippen LogP contribution is -2.38. The molecule has 1 saturated heterocycles. The second kappa shape index (κ2) is 6.30. The second-order valence-corrected chi connectivity index (χ2v) is 5.15. The van der Waals surface area contributed by atoms with Gasteiger partial charge in [-0.15, -0.1) is 0 Å². The fourth-order valence-corrected chi connectivity index (χ4v) is 2.30. The van der Waals surface area contributed by atoms with E-state index in [0.29, 0.717) is 15.8 Å². The average molecular weight is 288 g/mol. The summed E-state index contributed by atoms with van der Waals surface area (Å²) in [6.07, 6.45) is 3.35. The molecule has 0 aliphatic carbocycles. The molecule has 1 aliphatic heterocycles. The minimum atomic E-state index is 0.00532. The van der Waals surface area contributed by atoms with E-state index in [0.717, 1.165) is 25.9 Å². The standard InChI is InChI=1S/C13H15Cl2NO2/c14-10-4-5-11(15)12(8-10)18-9-13(17)16-6-2-1-3-7-16/h4-5,8H,1-3,6-7,9H2. The third-order valence-electron chi connectivity index (χ3n) is 2.95. The quantitative estimate of drug-likeness (QED) is 0.853. The van der Waals surface area contributed by atoms with E-state index in [-0.39, 0.29) is 12.5 Å². The molecule has 1 aliphatic rings. The van der Waals surface area contributed by atoms with Crippen LogP contribution in [-0.4, -0.2) is 30.5 Å². The molecule has 2 rings (SSSR count). The molecule has 0 spiro atoms. The van der Waals surface area contributed by atoms with Crippen molar-refractivity contribution in [1.29, 1.82) is 0 Å². The molecule has 0 N–H and O–H groups in total. The summed E-state index contributed by atoms with van der Waals surface area (Å²) in [4.78, 5) is 13.7. The van der Waals surface area contributed by atoms with Gasteiger partial charge in [0.05, 0.1) is 5.02 Å². The van der Waals surface area contributed by atoms with Gasteiger partial charge in [0.2, 0.25) is 0 Å². The maximum Gasteiger partial charge on any atom is 0.260 e. The first-order valence-corrected chi connectivity index (χ1v) is 6.78. The van der Waals surface area contributed by atoms with Gasteiger partial charge < -0.3 is 9.64 Å². The number of piperidine rings is 1. The largest absolute Gasteiger partial charge is 0.482 e. The molecule has 0 radical (unpaired) electrons. The van der Waals surface area contributed by atoms with E-state index in [1.54, 1.807) is 18.2 Å². The highest BCUT2D eigenvalue weighted by atomic mass is 35.5. The van der Waals surface area contributed by atoms with Gasteiger partial charge in [0.15, 0.2) is 6.61 Å². The summed E-state index contributed by atoms with van der Waals surface area (Å²) in [6.45, 7) is 1.66. The first kappa shape index (κ1) is 13.5. The van der Waals surface area contributed by atoms with Crippen LogP contribution in [-0.2, 0) is 4.79 Å². The summed E-state index contributed by atoms with van der Waals surface area (Å²) in [6, 6.07) is 4.96. The molecule has 0 aromatic heterocycles. The third kappa shape index (κ3) is 3.53. The Kier molecular flexibility index (Phi) is 4.72. The highest BCUT2D eigenvalue weighted by molar-refractivity contribution is 6.34. The second-order valence-electron chi connectivity index (χ2n) is 4.30. The van der Waals surface area contributed by atoms with Gasteiger partial charge in [-0.2, -0.15) is 0 Å². The van der Waals surface area contributed by atoms with Crippen LogP contribution in [0.1, 0.15) is 19.3 Å². The summed E-state index contributed by atoms with van der Waals surface area (Å²) in [5.41, 5.74) is 0. The van der Waals surface area contributed by atoms with Crippen LogP contribution < -0.4 is 4.74 Å². The summed E-state index contributed by atoms with van der Waals surface area (Å²) in [5.74, 6) is 0.459. The number of nitrogens with zero attached hydrogens (tertiary/aromatic N) is 1. The van der Waals surface area contributed by atoms with E-state index < -0.39 is 0 Å². The number of carbonyl (C=O) groups excluding carboxylic acids is 1. The predicted molar refractivity (Wildman–Crippen MR) is 72.4 cm³/mol. The van der Waals surface area contributed by atoms with Crippen LogP contribution in [0, 0.1) is 0 Å². The molecule has 1 fully saturated rings. The van der Waals surface area contributed by atoms with Crippen LogP contribution in [0.25, 0.3) is 0 Å². The van der Waals surface area contributed by atoms with Crippen LogP contribution in [0.2, 0.25) is 10.0 Å². The molecule has 3 nitrogen and oxygen atoms in total. The summed E-state index contributed by atoms with van der Waals surface area (Å²) in [5, 5.41) is 1.01. The number of benzene rings is 1. The van der Waals surface area contributed by atoms with E-state index in [1.807, 2.05) is 4.90 Å². The van der Waals surface area contributed by atoms with Crippen molar-refractivity contribution >= 4 is 29.1 Å². The van der Waals surface area contributed by atoms with Gasteiger partial charge in [-0.25, -0.2) is 0 Å². The summed E-state index contributed by atoms with van der Waals surface area (Å²) < 4.78 is 5.43. The zero-order valence-corrected chi connectivity index (χ0v) is 11.5. The molecule has 1 aromatic carbocycles. The maximum absolute atomic E-state index is 11.9. The lowest BCUT2D eigenvalue weighted by molar-refractivity contribution is -0.134. The van der Waals surface area contributed by atoms with Crippen molar-refractivity contribution in [2.75, 3.05) is 19.7 Å². The number of ether oxygens (including phenoxy) is 1. The number of rotatable bonds is 3. The fraction of sp³-hybridized carbons (Fsp3) is 0.462. The van der Waals surface area contributed by atoms with Gasteiger partial charge in [0.1, 0.15) is 5.75 Å². The summed E-state index contributed by atoms with van der Waals surface area (Å²) in [7, 11) is 0. The Morgan fingerprint density at radius 2 is 1.94 bits per heavy atom.